The second-order valence-electron chi connectivity index (χ2n) is 6.49. The predicted octanol–water partition coefficient (Wildman–Crippen LogP) is 3.23. The van der Waals surface area contributed by atoms with Gasteiger partial charge in [0.15, 0.2) is 5.13 Å². The summed E-state index contributed by atoms with van der Waals surface area (Å²) in [5.41, 5.74) is 0.882. The van der Waals surface area contributed by atoms with Gasteiger partial charge in [-0.3, -0.25) is 9.59 Å². The summed E-state index contributed by atoms with van der Waals surface area (Å²) in [7, 11) is 0. The molecule has 2 rings (SSSR count). The molecule has 1 N–H and O–H groups in total. The van der Waals surface area contributed by atoms with Crippen LogP contribution in [-0.4, -0.2) is 48.0 Å². The summed E-state index contributed by atoms with van der Waals surface area (Å²) in [5, 5.41) is 5.27. The van der Waals surface area contributed by atoms with Crippen LogP contribution in [0.1, 0.15) is 51.1 Å². The Balaban J connectivity index is 1.91. The molecule has 0 saturated heterocycles. The number of aromatic nitrogens is 1. The molecule has 7 heteroatoms. The molecule has 1 aromatic heterocycles. The van der Waals surface area contributed by atoms with Gasteiger partial charge in [-0.05, 0) is 33.1 Å². The van der Waals surface area contributed by atoms with Gasteiger partial charge >= 0.3 is 0 Å². The molecule has 1 saturated carbocycles. The van der Waals surface area contributed by atoms with Crippen molar-refractivity contribution in [3.8, 4) is 0 Å². The molecule has 2 amide bonds. The topological polar surface area (TPSA) is 71.5 Å². The maximum atomic E-state index is 12.8. The molecular weight excluding hydrogens is 338 g/mol. The van der Waals surface area contributed by atoms with Crippen molar-refractivity contribution in [3.05, 3.63) is 11.1 Å². The van der Waals surface area contributed by atoms with E-state index in [0.717, 1.165) is 37.8 Å². The molecule has 0 aromatic carbocycles. The molecule has 1 fully saturated rings. The summed E-state index contributed by atoms with van der Waals surface area (Å²) < 4.78 is 5.37. The minimum absolute atomic E-state index is 0.0655. The van der Waals surface area contributed by atoms with Crippen LogP contribution in [0.3, 0.4) is 0 Å². The Morgan fingerprint density at radius 1 is 1.36 bits per heavy atom. The van der Waals surface area contributed by atoms with Crippen molar-refractivity contribution < 1.29 is 14.3 Å². The monoisotopic (exact) mass is 367 g/mol. The highest BCUT2D eigenvalue weighted by Gasteiger charge is 2.27. The SMILES string of the molecule is CCOCCCN(CC(=O)Nc1nc(C)cs1)C(=O)C1CCCCC1. The molecule has 1 aliphatic rings. The number of amides is 2. The molecule has 0 atom stereocenters. The van der Waals surface area contributed by atoms with Crippen LogP contribution >= 0.6 is 11.3 Å². The summed E-state index contributed by atoms with van der Waals surface area (Å²) in [4.78, 5) is 31.1. The fourth-order valence-corrected chi connectivity index (χ4v) is 3.82. The van der Waals surface area contributed by atoms with E-state index >= 15 is 0 Å². The number of nitrogens with one attached hydrogen (secondary N) is 1. The number of carbonyl (C=O) groups is 2. The highest BCUT2D eigenvalue weighted by Crippen LogP contribution is 2.25. The van der Waals surface area contributed by atoms with Gasteiger partial charge in [-0.2, -0.15) is 0 Å². The first kappa shape index (κ1) is 19.8. The highest BCUT2D eigenvalue weighted by molar-refractivity contribution is 7.13. The second kappa shape index (κ2) is 10.5. The average Bonchev–Trinajstić information content (AvgIpc) is 3.02. The van der Waals surface area contributed by atoms with Gasteiger partial charge < -0.3 is 15.0 Å². The zero-order valence-electron chi connectivity index (χ0n) is 15.3. The Morgan fingerprint density at radius 2 is 2.12 bits per heavy atom. The summed E-state index contributed by atoms with van der Waals surface area (Å²) in [6.07, 6.45) is 6.04. The van der Waals surface area contributed by atoms with Gasteiger partial charge in [0.1, 0.15) is 0 Å². The predicted molar refractivity (Wildman–Crippen MR) is 99.7 cm³/mol. The Hall–Kier alpha value is -1.47. The Morgan fingerprint density at radius 3 is 2.76 bits per heavy atom. The van der Waals surface area contributed by atoms with Crippen LogP contribution in [0, 0.1) is 12.8 Å². The Bertz CT molecular complexity index is 556. The molecule has 25 heavy (non-hydrogen) atoms. The number of anilines is 1. The third-order valence-electron chi connectivity index (χ3n) is 4.39. The van der Waals surface area contributed by atoms with E-state index in [4.69, 9.17) is 4.74 Å². The van der Waals surface area contributed by atoms with E-state index in [1.165, 1.54) is 17.8 Å². The molecule has 1 heterocycles. The molecule has 1 aliphatic carbocycles. The lowest BCUT2D eigenvalue weighted by molar-refractivity contribution is -0.139. The normalized spacial score (nSPS) is 15.1. The van der Waals surface area contributed by atoms with Crippen molar-refractivity contribution in [1.82, 2.24) is 9.88 Å². The summed E-state index contributed by atoms with van der Waals surface area (Å²) in [6, 6.07) is 0. The highest BCUT2D eigenvalue weighted by atomic mass is 32.1. The van der Waals surface area contributed by atoms with Crippen LogP contribution < -0.4 is 5.32 Å². The van der Waals surface area contributed by atoms with E-state index in [0.29, 0.717) is 24.9 Å². The standard InChI is InChI=1S/C18H29N3O3S/c1-3-24-11-7-10-21(17(23)15-8-5-4-6-9-15)12-16(22)20-18-19-14(2)13-25-18/h13,15H,3-12H2,1-2H3,(H,19,20,22). The van der Waals surface area contributed by atoms with Crippen molar-refractivity contribution >= 4 is 28.3 Å². The molecule has 0 unspecified atom stereocenters. The lowest BCUT2D eigenvalue weighted by Gasteiger charge is -2.29. The van der Waals surface area contributed by atoms with Crippen LogP contribution in [0.25, 0.3) is 0 Å². The minimum atomic E-state index is -0.185. The van der Waals surface area contributed by atoms with Crippen LogP contribution in [0.4, 0.5) is 5.13 Å². The number of hydrogen-bond donors (Lipinski definition) is 1. The van der Waals surface area contributed by atoms with Gasteiger partial charge in [0.2, 0.25) is 11.8 Å². The molecule has 140 valence electrons. The second-order valence-corrected chi connectivity index (χ2v) is 7.35. The van der Waals surface area contributed by atoms with Crippen LogP contribution in [-0.2, 0) is 14.3 Å². The molecule has 0 aliphatic heterocycles. The molecular formula is C18H29N3O3S. The maximum absolute atomic E-state index is 12.8. The Kier molecular flexibility index (Phi) is 8.34. The van der Waals surface area contributed by atoms with Crippen molar-refractivity contribution in [2.75, 3.05) is 31.6 Å². The molecule has 6 nitrogen and oxygen atoms in total. The van der Waals surface area contributed by atoms with E-state index in [1.807, 2.05) is 19.2 Å². The van der Waals surface area contributed by atoms with Gasteiger partial charge in [0.25, 0.3) is 0 Å². The number of carbonyl (C=O) groups excluding carboxylic acids is 2. The lowest BCUT2D eigenvalue weighted by atomic mass is 9.88. The number of aryl methyl sites for hydroxylation is 1. The molecule has 0 radical (unpaired) electrons. The third kappa shape index (κ3) is 6.74. The first-order chi connectivity index (χ1) is 12.1. The summed E-state index contributed by atoms with van der Waals surface area (Å²) in [5.74, 6) is -0.00709. The van der Waals surface area contributed by atoms with Gasteiger partial charge in [0, 0.05) is 31.1 Å². The van der Waals surface area contributed by atoms with Crippen molar-refractivity contribution in [2.24, 2.45) is 5.92 Å². The number of ether oxygens (including phenoxy) is 1. The lowest BCUT2D eigenvalue weighted by Crippen LogP contribution is -2.42. The largest absolute Gasteiger partial charge is 0.382 e. The van der Waals surface area contributed by atoms with Crippen LogP contribution in [0.15, 0.2) is 5.38 Å². The van der Waals surface area contributed by atoms with Gasteiger partial charge in [-0.1, -0.05) is 19.3 Å². The van der Waals surface area contributed by atoms with E-state index < -0.39 is 0 Å². The number of hydrogen-bond acceptors (Lipinski definition) is 5. The van der Waals surface area contributed by atoms with Crippen LogP contribution in [0.5, 0.6) is 0 Å². The number of rotatable bonds is 9. The van der Waals surface area contributed by atoms with Gasteiger partial charge in [-0.25, -0.2) is 4.98 Å². The molecule has 1 aromatic rings. The Labute approximate surface area is 154 Å². The van der Waals surface area contributed by atoms with Gasteiger partial charge in [-0.15, -0.1) is 11.3 Å². The number of thiazole rings is 1. The van der Waals surface area contributed by atoms with Crippen LogP contribution in [0.2, 0.25) is 0 Å². The van der Waals surface area contributed by atoms with E-state index in [2.05, 4.69) is 10.3 Å². The smallest absolute Gasteiger partial charge is 0.245 e. The fourth-order valence-electron chi connectivity index (χ4n) is 3.12. The third-order valence-corrected chi connectivity index (χ3v) is 5.26. The first-order valence-corrected chi connectivity index (χ1v) is 10.1. The summed E-state index contributed by atoms with van der Waals surface area (Å²) in [6.45, 7) is 5.76. The summed E-state index contributed by atoms with van der Waals surface area (Å²) >= 11 is 1.40. The fraction of sp³-hybridized carbons (Fsp3) is 0.722. The van der Waals surface area contributed by atoms with E-state index in [-0.39, 0.29) is 24.3 Å². The minimum Gasteiger partial charge on any atom is -0.382 e. The van der Waals surface area contributed by atoms with E-state index in [1.54, 1.807) is 4.90 Å². The van der Waals surface area contributed by atoms with Crippen molar-refractivity contribution in [3.63, 3.8) is 0 Å². The zero-order chi connectivity index (χ0) is 18.1. The quantitative estimate of drug-likeness (QED) is 0.680. The molecule has 0 spiro atoms. The molecule has 0 bridgehead atoms. The maximum Gasteiger partial charge on any atom is 0.245 e. The van der Waals surface area contributed by atoms with Crippen molar-refractivity contribution in [1.29, 1.82) is 0 Å². The zero-order valence-corrected chi connectivity index (χ0v) is 16.1. The van der Waals surface area contributed by atoms with Crippen molar-refractivity contribution in [2.45, 2.75) is 52.4 Å². The average molecular weight is 368 g/mol. The first-order valence-electron chi connectivity index (χ1n) is 9.18. The van der Waals surface area contributed by atoms with E-state index in [9.17, 15) is 9.59 Å². The number of nitrogens with zero attached hydrogens (tertiary/aromatic N) is 2. The van der Waals surface area contributed by atoms with Gasteiger partial charge in [0.05, 0.1) is 12.2 Å².